The minimum absolute atomic E-state index is 0.115. The number of nitrogens with two attached hydrogens (primary N) is 1. The topological polar surface area (TPSA) is 191 Å². The van der Waals surface area contributed by atoms with Crippen LogP contribution in [0.15, 0.2) is 54.6 Å². The van der Waals surface area contributed by atoms with Gasteiger partial charge in [0.25, 0.3) is 0 Å². The van der Waals surface area contributed by atoms with E-state index >= 15 is 0 Å². The lowest BCUT2D eigenvalue weighted by Crippen LogP contribution is -2.62. The molecule has 1 heterocycles. The zero-order valence-corrected chi connectivity index (χ0v) is 24.0. The van der Waals surface area contributed by atoms with Gasteiger partial charge in [0, 0.05) is 18.5 Å². The first-order chi connectivity index (χ1) is 19.8. The number of hydroxylamine groups is 1. The summed E-state index contributed by atoms with van der Waals surface area (Å²) in [7, 11) is 1.51. The Morgan fingerprint density at radius 2 is 1.74 bits per heavy atom. The molecule has 0 unspecified atom stereocenters. The van der Waals surface area contributed by atoms with Crippen molar-refractivity contribution in [1.29, 1.82) is 5.41 Å². The third-order valence-corrected chi connectivity index (χ3v) is 6.21. The molecule has 2 aromatic rings. The van der Waals surface area contributed by atoms with E-state index in [1.807, 2.05) is 0 Å². The van der Waals surface area contributed by atoms with Gasteiger partial charge in [0.2, 0.25) is 0 Å². The second-order valence-electron chi connectivity index (χ2n) is 10.8. The molecule has 1 aliphatic rings. The number of alkyl carbamates (subject to hydrolysis) is 1. The van der Waals surface area contributed by atoms with Crippen LogP contribution in [0, 0.1) is 5.41 Å². The minimum Gasteiger partial charge on any atom is -0.444 e. The van der Waals surface area contributed by atoms with Crippen molar-refractivity contribution in [3.05, 3.63) is 71.3 Å². The lowest BCUT2D eigenvalue weighted by molar-refractivity contribution is -0.151. The van der Waals surface area contributed by atoms with Crippen LogP contribution in [-0.2, 0) is 35.2 Å². The summed E-state index contributed by atoms with van der Waals surface area (Å²) < 4.78 is 14.9. The molecule has 3 atom stereocenters. The number of carbonyl (C=O) groups excluding carboxylic acids is 4. The molecule has 1 aliphatic heterocycles. The van der Waals surface area contributed by atoms with E-state index in [4.69, 9.17) is 30.2 Å². The zero-order chi connectivity index (χ0) is 30.9. The molecular weight excluding hydrogens is 546 g/mol. The van der Waals surface area contributed by atoms with Crippen molar-refractivity contribution in [2.75, 3.05) is 13.6 Å². The Morgan fingerprint density at radius 3 is 2.36 bits per heavy atom. The highest BCUT2D eigenvalue weighted by Crippen LogP contribution is 2.28. The van der Waals surface area contributed by atoms with Gasteiger partial charge in [-0.15, -0.1) is 0 Å². The van der Waals surface area contributed by atoms with Gasteiger partial charge in [0.15, 0.2) is 11.3 Å². The Hall–Kier alpha value is -4.17. The van der Waals surface area contributed by atoms with Crippen LogP contribution in [0.25, 0.3) is 0 Å². The van der Waals surface area contributed by atoms with Crippen LogP contribution in [0.4, 0.5) is 9.59 Å². The molecule has 1 fully saturated rings. The van der Waals surface area contributed by atoms with Gasteiger partial charge in [-0.1, -0.05) is 54.6 Å². The summed E-state index contributed by atoms with van der Waals surface area (Å²) in [6, 6.07) is 15.4. The number of amides is 1. The van der Waals surface area contributed by atoms with Crippen LogP contribution < -0.4 is 21.8 Å². The lowest BCUT2D eigenvalue weighted by atomic mass is 9.89. The quantitative estimate of drug-likeness (QED) is 0.120. The number of amidine groups is 1. The molecule has 1 amide bonds. The van der Waals surface area contributed by atoms with E-state index < -0.39 is 41.2 Å². The highest BCUT2D eigenvalue weighted by molar-refractivity contribution is 6.10. The van der Waals surface area contributed by atoms with E-state index in [9.17, 15) is 19.2 Å². The third-order valence-electron chi connectivity index (χ3n) is 6.21. The van der Waals surface area contributed by atoms with E-state index in [1.54, 1.807) is 75.4 Å². The number of esters is 1. The van der Waals surface area contributed by atoms with Crippen molar-refractivity contribution in [3.63, 3.8) is 0 Å². The maximum Gasteiger partial charge on any atom is 0.516 e. The predicted octanol–water partition coefficient (Wildman–Crippen LogP) is 2.63. The number of hydrogen-bond acceptors (Lipinski definition) is 12. The number of ether oxygens (including phenoxy) is 3. The monoisotopic (exact) mass is 583 g/mol. The standard InChI is InChI=1S/C29H37N5O8/c1-28(2,3)41-26(37)33-24(30)20-12-10-19(11-13-20)22-14-21(42-34-22)15-23(35)29(31,17-32-4)25(36)40-27(38)39-16-18-8-6-5-7-9-18/h5-13,21-22,32,34H,14-17,31H2,1-4H3,(H2,30,33,37)/t21-,22+,29+/m1/s1. The van der Waals surface area contributed by atoms with Crippen molar-refractivity contribution >= 4 is 29.8 Å². The van der Waals surface area contributed by atoms with Crippen molar-refractivity contribution in [3.8, 4) is 0 Å². The lowest BCUT2D eigenvalue weighted by Gasteiger charge is -2.25. The van der Waals surface area contributed by atoms with Gasteiger partial charge in [-0.3, -0.25) is 20.4 Å². The first kappa shape index (κ1) is 32.3. The van der Waals surface area contributed by atoms with E-state index in [-0.39, 0.29) is 31.4 Å². The van der Waals surface area contributed by atoms with Crippen LogP contribution in [0.5, 0.6) is 0 Å². The molecule has 13 nitrogen and oxygen atoms in total. The molecule has 0 spiro atoms. The highest BCUT2D eigenvalue weighted by atomic mass is 16.7. The van der Waals surface area contributed by atoms with Gasteiger partial charge in [0.05, 0.1) is 12.1 Å². The molecule has 3 rings (SSSR count). The Bertz CT molecular complexity index is 1280. The van der Waals surface area contributed by atoms with Crippen LogP contribution in [0.3, 0.4) is 0 Å². The first-order valence-electron chi connectivity index (χ1n) is 13.3. The fourth-order valence-electron chi connectivity index (χ4n) is 4.09. The summed E-state index contributed by atoms with van der Waals surface area (Å²) in [4.78, 5) is 55.6. The number of carbonyl (C=O) groups is 4. The molecule has 0 saturated carbocycles. The summed E-state index contributed by atoms with van der Waals surface area (Å²) in [6.07, 6.45) is -2.45. The molecule has 0 aromatic heterocycles. The number of benzene rings is 2. The van der Waals surface area contributed by atoms with E-state index in [2.05, 4.69) is 16.1 Å². The summed E-state index contributed by atoms with van der Waals surface area (Å²) in [5, 5.41) is 13.2. The zero-order valence-electron chi connectivity index (χ0n) is 24.0. The van der Waals surface area contributed by atoms with Gasteiger partial charge in [0.1, 0.15) is 18.0 Å². The minimum atomic E-state index is -2.15. The fraction of sp³-hybridized carbons (Fsp3) is 0.414. The largest absolute Gasteiger partial charge is 0.516 e. The molecular formula is C29H37N5O8. The van der Waals surface area contributed by atoms with E-state index in [0.717, 1.165) is 5.56 Å². The summed E-state index contributed by atoms with van der Waals surface area (Å²) >= 11 is 0. The molecule has 226 valence electrons. The first-order valence-corrected chi connectivity index (χ1v) is 13.3. The second kappa shape index (κ2) is 14.1. The molecule has 0 bridgehead atoms. The average Bonchev–Trinajstić information content (AvgIpc) is 3.40. The van der Waals surface area contributed by atoms with Gasteiger partial charge >= 0.3 is 18.2 Å². The SMILES string of the molecule is CNC[C@](N)(C(=O)C[C@H]1C[C@@H](c2ccc(C(=N)NC(=O)OC(C)(C)C)cc2)NO1)C(=O)OC(=O)OCc1ccccc1. The van der Waals surface area contributed by atoms with Gasteiger partial charge in [-0.2, -0.15) is 5.48 Å². The third kappa shape index (κ3) is 9.17. The smallest absolute Gasteiger partial charge is 0.444 e. The highest BCUT2D eigenvalue weighted by Gasteiger charge is 2.46. The average molecular weight is 584 g/mol. The Balaban J connectivity index is 1.54. The van der Waals surface area contributed by atoms with Gasteiger partial charge in [-0.25, -0.2) is 14.4 Å². The number of likely N-dealkylation sites (N-methyl/N-ethyl adjacent to an activating group) is 1. The molecule has 42 heavy (non-hydrogen) atoms. The van der Waals surface area contributed by atoms with Crippen LogP contribution >= 0.6 is 0 Å². The van der Waals surface area contributed by atoms with Gasteiger partial charge < -0.3 is 25.3 Å². The number of ketones is 1. The van der Waals surface area contributed by atoms with Crippen LogP contribution in [0.1, 0.15) is 56.3 Å². The Labute approximate surface area is 243 Å². The summed E-state index contributed by atoms with van der Waals surface area (Å²) in [5.41, 5.74) is 8.17. The summed E-state index contributed by atoms with van der Waals surface area (Å²) in [5.74, 6) is -2.03. The number of Topliss-reactive ketones (excluding diaryl/α,β-unsaturated/α-hetero) is 1. The van der Waals surface area contributed by atoms with Crippen LogP contribution in [0.2, 0.25) is 0 Å². The van der Waals surface area contributed by atoms with Crippen molar-refractivity contribution in [2.24, 2.45) is 5.73 Å². The molecule has 1 saturated heterocycles. The molecule has 0 aliphatic carbocycles. The van der Waals surface area contributed by atoms with Crippen molar-refractivity contribution < 1.29 is 38.2 Å². The maximum atomic E-state index is 13.2. The molecule has 6 N–H and O–H groups in total. The van der Waals surface area contributed by atoms with Crippen molar-refractivity contribution in [1.82, 2.24) is 16.1 Å². The molecule has 0 radical (unpaired) electrons. The predicted molar refractivity (Wildman–Crippen MR) is 151 cm³/mol. The molecule has 2 aromatic carbocycles. The Morgan fingerprint density at radius 1 is 1.07 bits per heavy atom. The number of rotatable bonds is 10. The van der Waals surface area contributed by atoms with Gasteiger partial charge in [-0.05, 0) is 45.4 Å². The van der Waals surface area contributed by atoms with Crippen molar-refractivity contribution in [2.45, 2.75) is 63.5 Å². The normalized spacial score (nSPS) is 17.9. The molecule has 13 heteroatoms. The number of hydrogen-bond donors (Lipinski definition) is 5. The maximum absolute atomic E-state index is 13.2. The fourth-order valence-corrected chi connectivity index (χ4v) is 4.09. The number of nitrogens with one attached hydrogen (secondary N) is 4. The van der Waals surface area contributed by atoms with Crippen LogP contribution in [-0.4, -0.2) is 60.7 Å². The van der Waals surface area contributed by atoms with E-state index in [0.29, 0.717) is 17.5 Å². The van der Waals surface area contributed by atoms with E-state index in [1.165, 1.54) is 7.05 Å². The summed E-state index contributed by atoms with van der Waals surface area (Å²) in [6.45, 7) is 4.80. The Kier molecular flexibility index (Phi) is 10.9. The second-order valence-corrected chi connectivity index (χ2v) is 10.8.